The Balaban J connectivity index is 1.75. The molecule has 0 aliphatic carbocycles. The van der Waals surface area contributed by atoms with Crippen molar-refractivity contribution in [2.45, 2.75) is 19.4 Å². The maximum absolute atomic E-state index is 12.0. The van der Waals surface area contributed by atoms with Crippen molar-refractivity contribution in [3.05, 3.63) is 11.7 Å². The number of methoxy groups -OCH3 is 1. The molecule has 0 atom stereocenters. The second-order valence-electron chi connectivity index (χ2n) is 4.92. The molecule has 9 nitrogen and oxygen atoms in total. The molecule has 1 aliphatic rings. The first kappa shape index (κ1) is 15.2. The van der Waals surface area contributed by atoms with Gasteiger partial charge < -0.3 is 25.2 Å². The third kappa shape index (κ3) is 4.15. The summed E-state index contributed by atoms with van der Waals surface area (Å²) in [6.07, 6.45) is 1.85. The number of primary amides is 1. The predicted molar refractivity (Wildman–Crippen MR) is 71.2 cm³/mol. The van der Waals surface area contributed by atoms with Crippen molar-refractivity contribution in [3.63, 3.8) is 0 Å². The van der Waals surface area contributed by atoms with Gasteiger partial charge in [-0.05, 0) is 18.8 Å². The van der Waals surface area contributed by atoms with Crippen molar-refractivity contribution in [1.29, 1.82) is 0 Å². The molecule has 0 spiro atoms. The maximum atomic E-state index is 12.0. The highest BCUT2D eigenvalue weighted by Crippen LogP contribution is 2.17. The average Bonchev–Trinajstić information content (AvgIpc) is 2.95. The molecule has 1 fully saturated rings. The lowest BCUT2D eigenvalue weighted by Crippen LogP contribution is -2.44. The maximum Gasteiger partial charge on any atom is 0.317 e. The Kier molecular flexibility index (Phi) is 5.09. The number of hydrogen-bond donors (Lipinski definition) is 2. The Morgan fingerprint density at radius 2 is 2.19 bits per heavy atom. The molecule has 1 aromatic heterocycles. The molecule has 2 rings (SSSR count). The number of likely N-dealkylation sites (tertiary alicyclic amines) is 1. The van der Waals surface area contributed by atoms with E-state index in [1.165, 1.54) is 0 Å². The van der Waals surface area contributed by atoms with Gasteiger partial charge in [-0.1, -0.05) is 5.16 Å². The van der Waals surface area contributed by atoms with Gasteiger partial charge in [-0.15, -0.1) is 0 Å². The number of ether oxygens (including phenoxy) is 1. The quantitative estimate of drug-likeness (QED) is 0.771. The molecular weight excluding hydrogens is 278 g/mol. The lowest BCUT2D eigenvalue weighted by Gasteiger charge is -2.31. The van der Waals surface area contributed by atoms with Crippen LogP contribution < -0.4 is 11.1 Å². The minimum atomic E-state index is -0.767. The van der Waals surface area contributed by atoms with E-state index in [2.05, 4.69) is 15.5 Å². The molecule has 0 aromatic carbocycles. The van der Waals surface area contributed by atoms with Gasteiger partial charge in [0.05, 0.1) is 6.54 Å². The topological polar surface area (TPSA) is 124 Å². The fourth-order valence-corrected chi connectivity index (χ4v) is 2.23. The molecule has 116 valence electrons. The van der Waals surface area contributed by atoms with Crippen LogP contribution in [0.15, 0.2) is 4.52 Å². The summed E-state index contributed by atoms with van der Waals surface area (Å²) in [6, 6.07) is -0.190. The summed E-state index contributed by atoms with van der Waals surface area (Å²) in [5.41, 5.74) is 5.01. The van der Waals surface area contributed by atoms with E-state index >= 15 is 0 Å². The molecule has 2 heterocycles. The second-order valence-corrected chi connectivity index (χ2v) is 4.92. The number of nitrogens with two attached hydrogens (primary N) is 1. The first-order valence-corrected chi connectivity index (χ1v) is 6.74. The van der Waals surface area contributed by atoms with E-state index in [-0.39, 0.29) is 24.3 Å². The lowest BCUT2D eigenvalue weighted by atomic mass is 9.98. The molecule has 1 aromatic rings. The number of aromatic nitrogens is 2. The van der Waals surface area contributed by atoms with Crippen molar-refractivity contribution in [2.75, 3.05) is 26.8 Å². The Morgan fingerprint density at radius 3 is 2.76 bits per heavy atom. The van der Waals surface area contributed by atoms with Crippen LogP contribution in [0.3, 0.4) is 0 Å². The van der Waals surface area contributed by atoms with E-state index in [0.29, 0.717) is 19.0 Å². The Hall–Kier alpha value is -2.16. The van der Waals surface area contributed by atoms with Gasteiger partial charge in [0.25, 0.3) is 11.7 Å². The first-order chi connectivity index (χ1) is 10.1. The molecule has 1 saturated heterocycles. The number of urea groups is 1. The zero-order valence-electron chi connectivity index (χ0n) is 11.9. The van der Waals surface area contributed by atoms with Gasteiger partial charge in [0.1, 0.15) is 0 Å². The molecule has 0 unspecified atom stereocenters. The number of hydrogen-bond acceptors (Lipinski definition) is 6. The zero-order chi connectivity index (χ0) is 15.2. The molecule has 3 N–H and O–H groups in total. The van der Waals surface area contributed by atoms with Crippen molar-refractivity contribution in [2.24, 2.45) is 11.7 Å². The van der Waals surface area contributed by atoms with Gasteiger partial charge >= 0.3 is 6.03 Å². The van der Waals surface area contributed by atoms with E-state index < -0.39 is 5.91 Å². The minimum Gasteiger partial charge on any atom is -0.384 e. The van der Waals surface area contributed by atoms with Gasteiger partial charge in [0.15, 0.2) is 0 Å². The summed E-state index contributed by atoms with van der Waals surface area (Å²) in [4.78, 5) is 28.3. The third-order valence-electron chi connectivity index (χ3n) is 3.38. The molecule has 0 radical (unpaired) electrons. The number of amides is 3. The minimum absolute atomic E-state index is 0.0666. The highest BCUT2D eigenvalue weighted by molar-refractivity contribution is 5.88. The van der Waals surface area contributed by atoms with Gasteiger partial charge in [0, 0.05) is 26.8 Å². The summed E-state index contributed by atoms with van der Waals surface area (Å²) in [6.45, 7) is 2.18. The van der Waals surface area contributed by atoms with Crippen LogP contribution >= 0.6 is 0 Å². The summed E-state index contributed by atoms with van der Waals surface area (Å²) in [5.74, 6) is -0.310. The monoisotopic (exact) mass is 297 g/mol. The lowest BCUT2D eigenvalue weighted by molar-refractivity contribution is 0.0987. The van der Waals surface area contributed by atoms with Crippen molar-refractivity contribution in [1.82, 2.24) is 20.4 Å². The average molecular weight is 297 g/mol. The standard InChI is InChI=1S/C12H19N5O4/c1-20-7-8-2-4-17(5-3-8)12(19)14-6-9-15-11(10(13)18)16-21-9/h8H,2-7H2,1H3,(H2,13,18)(H,14,19). The molecular formula is C12H19N5O4. The summed E-state index contributed by atoms with van der Waals surface area (Å²) < 4.78 is 9.92. The molecule has 0 bridgehead atoms. The number of rotatable bonds is 5. The highest BCUT2D eigenvalue weighted by Gasteiger charge is 2.23. The Labute approximate surface area is 121 Å². The number of nitrogens with one attached hydrogen (secondary N) is 1. The van der Waals surface area contributed by atoms with E-state index in [1.54, 1.807) is 12.0 Å². The molecule has 0 saturated carbocycles. The zero-order valence-corrected chi connectivity index (χ0v) is 11.9. The number of nitrogens with zero attached hydrogens (tertiary/aromatic N) is 3. The van der Waals surface area contributed by atoms with Crippen molar-refractivity contribution >= 4 is 11.9 Å². The van der Waals surface area contributed by atoms with Crippen molar-refractivity contribution < 1.29 is 18.8 Å². The van der Waals surface area contributed by atoms with E-state index in [9.17, 15) is 9.59 Å². The van der Waals surface area contributed by atoms with Crippen LogP contribution in [0.5, 0.6) is 0 Å². The third-order valence-corrected chi connectivity index (χ3v) is 3.38. The number of carbonyl (C=O) groups excluding carboxylic acids is 2. The van der Waals surface area contributed by atoms with Crippen LogP contribution in [0.4, 0.5) is 4.79 Å². The molecule has 3 amide bonds. The fraction of sp³-hybridized carbons (Fsp3) is 0.667. The summed E-state index contributed by atoms with van der Waals surface area (Å²) >= 11 is 0. The van der Waals surface area contributed by atoms with Crippen LogP contribution in [0.25, 0.3) is 0 Å². The van der Waals surface area contributed by atoms with Crippen LogP contribution in [0.2, 0.25) is 0 Å². The number of carbonyl (C=O) groups is 2. The van der Waals surface area contributed by atoms with E-state index in [0.717, 1.165) is 19.4 Å². The van der Waals surface area contributed by atoms with E-state index in [4.69, 9.17) is 15.0 Å². The summed E-state index contributed by atoms with van der Waals surface area (Å²) in [5, 5.41) is 6.07. The highest BCUT2D eigenvalue weighted by atomic mass is 16.5. The Morgan fingerprint density at radius 1 is 1.48 bits per heavy atom. The second kappa shape index (κ2) is 7.02. The molecule has 9 heteroatoms. The van der Waals surface area contributed by atoms with Crippen LogP contribution in [0, 0.1) is 5.92 Å². The SMILES string of the molecule is COCC1CCN(C(=O)NCc2nc(C(N)=O)no2)CC1. The molecule has 21 heavy (non-hydrogen) atoms. The van der Waals surface area contributed by atoms with Gasteiger partial charge in [-0.25, -0.2) is 4.79 Å². The van der Waals surface area contributed by atoms with Crippen LogP contribution in [0.1, 0.15) is 29.4 Å². The summed E-state index contributed by atoms with van der Waals surface area (Å²) in [7, 11) is 1.68. The molecule has 1 aliphatic heterocycles. The van der Waals surface area contributed by atoms with Crippen LogP contribution in [-0.2, 0) is 11.3 Å². The van der Waals surface area contributed by atoms with Crippen molar-refractivity contribution in [3.8, 4) is 0 Å². The predicted octanol–water partition coefficient (Wildman–Crippen LogP) is -0.263. The number of piperidine rings is 1. The van der Waals surface area contributed by atoms with Crippen LogP contribution in [-0.4, -0.2) is 53.8 Å². The Bertz CT molecular complexity index is 496. The van der Waals surface area contributed by atoms with E-state index in [1.807, 2.05) is 0 Å². The van der Waals surface area contributed by atoms with Gasteiger partial charge in [0.2, 0.25) is 5.89 Å². The normalized spacial score (nSPS) is 16.0. The van der Waals surface area contributed by atoms with Gasteiger partial charge in [-0.3, -0.25) is 4.79 Å². The fourth-order valence-electron chi connectivity index (χ4n) is 2.23. The van der Waals surface area contributed by atoms with Gasteiger partial charge in [-0.2, -0.15) is 4.98 Å². The largest absolute Gasteiger partial charge is 0.384 e. The smallest absolute Gasteiger partial charge is 0.317 e. The first-order valence-electron chi connectivity index (χ1n) is 6.74.